The Kier molecular flexibility index (Phi) is 6.86. The van der Waals surface area contributed by atoms with Crippen LogP contribution in [0, 0.1) is 13.8 Å². The molecule has 1 N–H and O–H groups in total. The van der Waals surface area contributed by atoms with Crippen LogP contribution in [0.2, 0.25) is 0 Å². The molecule has 0 atom stereocenters. The largest absolute Gasteiger partial charge is 0.452 e. The first-order valence-corrected chi connectivity index (χ1v) is 10.9. The minimum atomic E-state index is -3.73. The van der Waals surface area contributed by atoms with Gasteiger partial charge in [-0.2, -0.15) is 4.31 Å². The second-order valence-electron chi connectivity index (χ2n) is 7.04. The third-order valence-electron chi connectivity index (χ3n) is 4.52. The molecular weight excluding hydrogens is 408 g/mol. The van der Waals surface area contributed by atoms with Gasteiger partial charge in [0.15, 0.2) is 6.61 Å². The molecule has 30 heavy (non-hydrogen) atoms. The number of esters is 1. The molecule has 2 aromatic rings. The first-order valence-electron chi connectivity index (χ1n) is 9.49. The van der Waals surface area contributed by atoms with E-state index in [1.807, 2.05) is 32.0 Å². The monoisotopic (exact) mass is 432 g/mol. The van der Waals surface area contributed by atoms with E-state index in [1.165, 1.54) is 28.6 Å². The van der Waals surface area contributed by atoms with Crippen molar-refractivity contribution in [1.29, 1.82) is 0 Å². The molecule has 1 fully saturated rings. The molecule has 1 saturated heterocycles. The lowest BCUT2D eigenvalue weighted by Gasteiger charge is -2.26. The Hall–Kier alpha value is -2.75. The summed E-state index contributed by atoms with van der Waals surface area (Å²) in [4.78, 5) is 24.4. The smallest absolute Gasteiger partial charge is 0.338 e. The van der Waals surface area contributed by atoms with Crippen LogP contribution in [0.3, 0.4) is 0 Å². The molecule has 9 heteroatoms. The molecule has 8 nitrogen and oxygen atoms in total. The molecule has 0 spiro atoms. The maximum Gasteiger partial charge on any atom is 0.338 e. The van der Waals surface area contributed by atoms with E-state index in [9.17, 15) is 18.0 Å². The highest BCUT2D eigenvalue weighted by molar-refractivity contribution is 7.89. The highest BCUT2D eigenvalue weighted by Gasteiger charge is 2.27. The van der Waals surface area contributed by atoms with E-state index in [-0.39, 0.29) is 23.5 Å². The van der Waals surface area contributed by atoms with E-state index >= 15 is 0 Å². The maximum absolute atomic E-state index is 12.7. The molecule has 1 aliphatic rings. The fourth-order valence-electron chi connectivity index (χ4n) is 3.18. The van der Waals surface area contributed by atoms with Crippen LogP contribution in [-0.4, -0.2) is 57.5 Å². The number of aryl methyl sites for hydroxylation is 2. The average Bonchev–Trinajstić information content (AvgIpc) is 2.72. The number of hydrogen-bond acceptors (Lipinski definition) is 6. The third kappa shape index (κ3) is 5.44. The van der Waals surface area contributed by atoms with Crippen molar-refractivity contribution in [2.75, 3.05) is 38.2 Å². The lowest BCUT2D eigenvalue weighted by atomic mass is 10.1. The van der Waals surface area contributed by atoms with Crippen molar-refractivity contribution in [2.45, 2.75) is 18.7 Å². The molecule has 2 aromatic carbocycles. The van der Waals surface area contributed by atoms with Gasteiger partial charge in [0.05, 0.1) is 23.7 Å². The Bertz CT molecular complexity index is 1020. The molecule has 0 radical (unpaired) electrons. The Morgan fingerprint density at radius 2 is 1.73 bits per heavy atom. The summed E-state index contributed by atoms with van der Waals surface area (Å²) in [5.74, 6) is -1.25. The van der Waals surface area contributed by atoms with Crippen molar-refractivity contribution < 1.29 is 27.5 Å². The van der Waals surface area contributed by atoms with Gasteiger partial charge < -0.3 is 14.8 Å². The van der Waals surface area contributed by atoms with Gasteiger partial charge in [0.2, 0.25) is 10.0 Å². The van der Waals surface area contributed by atoms with Crippen molar-refractivity contribution in [3.8, 4) is 0 Å². The molecule has 3 rings (SSSR count). The van der Waals surface area contributed by atoms with Gasteiger partial charge in [-0.15, -0.1) is 0 Å². The van der Waals surface area contributed by atoms with E-state index in [0.29, 0.717) is 18.9 Å². The molecule has 160 valence electrons. The molecule has 1 amide bonds. The molecule has 0 bridgehead atoms. The number of amides is 1. The van der Waals surface area contributed by atoms with E-state index < -0.39 is 28.5 Å². The van der Waals surface area contributed by atoms with E-state index in [1.54, 1.807) is 0 Å². The summed E-state index contributed by atoms with van der Waals surface area (Å²) < 4.78 is 37.0. The molecule has 0 aromatic heterocycles. The SMILES string of the molecule is Cc1cc(C)cc(NC(=O)COC(=O)c2cccc(S(=O)(=O)N3CCOCC3)c2)c1. The van der Waals surface area contributed by atoms with Gasteiger partial charge in [0, 0.05) is 18.8 Å². The number of hydrogen-bond donors (Lipinski definition) is 1. The quantitative estimate of drug-likeness (QED) is 0.702. The summed E-state index contributed by atoms with van der Waals surface area (Å²) in [6.07, 6.45) is 0. The predicted molar refractivity (Wildman–Crippen MR) is 111 cm³/mol. The number of morpholine rings is 1. The summed E-state index contributed by atoms with van der Waals surface area (Å²) in [5, 5.41) is 2.68. The van der Waals surface area contributed by atoms with Crippen LogP contribution in [0.15, 0.2) is 47.4 Å². The number of ether oxygens (including phenoxy) is 2. The lowest BCUT2D eigenvalue weighted by Crippen LogP contribution is -2.40. The second kappa shape index (κ2) is 9.38. The van der Waals surface area contributed by atoms with Gasteiger partial charge in [0.1, 0.15) is 0 Å². The molecule has 0 aliphatic carbocycles. The summed E-state index contributed by atoms with van der Waals surface area (Å²) in [6, 6.07) is 11.2. The molecule has 1 aliphatic heterocycles. The Morgan fingerprint density at radius 1 is 1.07 bits per heavy atom. The number of nitrogens with one attached hydrogen (secondary N) is 1. The Morgan fingerprint density at radius 3 is 2.40 bits per heavy atom. The van der Waals surface area contributed by atoms with Crippen molar-refractivity contribution in [1.82, 2.24) is 4.31 Å². The summed E-state index contributed by atoms with van der Waals surface area (Å²) in [7, 11) is -3.73. The van der Waals surface area contributed by atoms with Gasteiger partial charge in [-0.25, -0.2) is 13.2 Å². The van der Waals surface area contributed by atoms with Gasteiger partial charge in [-0.3, -0.25) is 4.79 Å². The zero-order valence-electron chi connectivity index (χ0n) is 16.9. The fourth-order valence-corrected chi connectivity index (χ4v) is 4.63. The van der Waals surface area contributed by atoms with Gasteiger partial charge >= 0.3 is 5.97 Å². The third-order valence-corrected chi connectivity index (χ3v) is 6.41. The number of sulfonamides is 1. The number of benzene rings is 2. The topological polar surface area (TPSA) is 102 Å². The zero-order valence-corrected chi connectivity index (χ0v) is 17.7. The average molecular weight is 432 g/mol. The molecule has 0 saturated carbocycles. The predicted octanol–water partition coefficient (Wildman–Crippen LogP) is 2.12. The Labute approximate surface area is 175 Å². The fraction of sp³-hybridized carbons (Fsp3) is 0.333. The molecule has 1 heterocycles. The van der Waals surface area contributed by atoms with Gasteiger partial charge in [-0.05, 0) is 55.3 Å². The van der Waals surface area contributed by atoms with E-state index in [2.05, 4.69) is 5.32 Å². The number of carbonyl (C=O) groups is 2. The van der Waals surface area contributed by atoms with Crippen molar-refractivity contribution in [3.05, 3.63) is 59.2 Å². The molecule has 0 unspecified atom stereocenters. The lowest BCUT2D eigenvalue weighted by molar-refractivity contribution is -0.119. The van der Waals surface area contributed by atoms with Crippen LogP contribution in [0.4, 0.5) is 5.69 Å². The second-order valence-corrected chi connectivity index (χ2v) is 8.98. The van der Waals surface area contributed by atoms with Crippen LogP contribution < -0.4 is 5.32 Å². The first-order chi connectivity index (χ1) is 14.3. The van der Waals surface area contributed by atoms with Crippen LogP contribution in [-0.2, 0) is 24.3 Å². The summed E-state index contributed by atoms with van der Waals surface area (Å²) in [6.45, 7) is 4.53. The Balaban J connectivity index is 1.63. The van der Waals surface area contributed by atoms with Crippen molar-refractivity contribution >= 4 is 27.6 Å². The van der Waals surface area contributed by atoms with Gasteiger partial charge in [0.25, 0.3) is 5.91 Å². The highest BCUT2D eigenvalue weighted by Crippen LogP contribution is 2.19. The van der Waals surface area contributed by atoms with Gasteiger partial charge in [-0.1, -0.05) is 12.1 Å². The molecular formula is C21H24N2O6S. The van der Waals surface area contributed by atoms with Crippen LogP contribution in [0.5, 0.6) is 0 Å². The van der Waals surface area contributed by atoms with Crippen LogP contribution >= 0.6 is 0 Å². The first kappa shape index (κ1) is 21.9. The highest BCUT2D eigenvalue weighted by atomic mass is 32.2. The number of anilines is 1. The minimum Gasteiger partial charge on any atom is -0.452 e. The standard InChI is InChI=1S/C21H24N2O6S/c1-15-10-16(2)12-18(11-15)22-20(24)14-29-21(25)17-4-3-5-19(13-17)30(26,27)23-6-8-28-9-7-23/h3-5,10-13H,6-9,14H2,1-2H3,(H,22,24). The van der Waals surface area contributed by atoms with Crippen LogP contribution in [0.25, 0.3) is 0 Å². The van der Waals surface area contributed by atoms with Crippen LogP contribution in [0.1, 0.15) is 21.5 Å². The summed E-state index contributed by atoms with van der Waals surface area (Å²) >= 11 is 0. The van der Waals surface area contributed by atoms with Crippen molar-refractivity contribution in [2.24, 2.45) is 0 Å². The van der Waals surface area contributed by atoms with E-state index in [4.69, 9.17) is 9.47 Å². The minimum absolute atomic E-state index is 0.00135. The summed E-state index contributed by atoms with van der Waals surface area (Å²) in [5.41, 5.74) is 2.68. The number of nitrogens with zero attached hydrogens (tertiary/aromatic N) is 1. The number of carbonyl (C=O) groups excluding carboxylic acids is 2. The number of rotatable bonds is 6. The zero-order chi connectivity index (χ0) is 21.7. The van der Waals surface area contributed by atoms with Crippen molar-refractivity contribution in [3.63, 3.8) is 0 Å². The normalized spacial score (nSPS) is 14.9. The van der Waals surface area contributed by atoms with E-state index in [0.717, 1.165) is 11.1 Å². The maximum atomic E-state index is 12.7.